The zero-order valence-electron chi connectivity index (χ0n) is 11.0. The number of fused-ring (bicyclic) bond motifs is 1. The molecular weight excluding hydrogens is 244 g/mol. The van der Waals surface area contributed by atoms with E-state index < -0.39 is 0 Å². The van der Waals surface area contributed by atoms with Crippen molar-refractivity contribution in [3.05, 3.63) is 28.5 Å². The van der Waals surface area contributed by atoms with Gasteiger partial charge in [-0.15, -0.1) is 0 Å². The molecule has 0 atom stereocenters. The number of H-pyrrole nitrogens is 1. The van der Waals surface area contributed by atoms with Gasteiger partial charge in [-0.05, 0) is 43.9 Å². The van der Waals surface area contributed by atoms with Crippen LogP contribution in [0.1, 0.15) is 50.4 Å². The van der Waals surface area contributed by atoms with Crippen molar-refractivity contribution in [1.82, 2.24) is 9.97 Å². The van der Waals surface area contributed by atoms with Crippen LogP contribution < -0.4 is 0 Å². The smallest absolute Gasteiger partial charge is 0.113 e. The van der Waals surface area contributed by atoms with Gasteiger partial charge in [-0.3, -0.25) is 0 Å². The Morgan fingerprint density at radius 3 is 2.72 bits per heavy atom. The van der Waals surface area contributed by atoms with Crippen molar-refractivity contribution < 1.29 is 0 Å². The summed E-state index contributed by atoms with van der Waals surface area (Å²) < 4.78 is 0. The first-order valence-electron chi connectivity index (χ1n) is 6.81. The van der Waals surface area contributed by atoms with Crippen LogP contribution >= 0.6 is 11.6 Å². The van der Waals surface area contributed by atoms with Crippen LogP contribution in [0.4, 0.5) is 0 Å². The van der Waals surface area contributed by atoms with Crippen LogP contribution in [0.25, 0.3) is 11.0 Å². The van der Waals surface area contributed by atoms with Crippen molar-refractivity contribution in [1.29, 1.82) is 0 Å². The summed E-state index contributed by atoms with van der Waals surface area (Å²) in [6.45, 7) is 4.32. The van der Waals surface area contributed by atoms with E-state index in [2.05, 4.69) is 11.9 Å². The number of benzene rings is 1. The van der Waals surface area contributed by atoms with E-state index in [9.17, 15) is 0 Å². The average Bonchev–Trinajstić information content (AvgIpc) is 3.01. The third-order valence-electron chi connectivity index (χ3n) is 4.58. The molecule has 0 unspecified atom stereocenters. The fraction of sp³-hybridized carbons (Fsp3) is 0.533. The SMILES string of the molecule is CCC1(c2nc3c(C)c(Cl)ccc3[nH]2)CCCC1. The quantitative estimate of drug-likeness (QED) is 0.832. The lowest BCUT2D eigenvalue weighted by Crippen LogP contribution is -2.22. The van der Waals surface area contributed by atoms with E-state index in [1.165, 1.54) is 37.9 Å². The number of rotatable bonds is 2. The number of halogens is 1. The van der Waals surface area contributed by atoms with E-state index >= 15 is 0 Å². The molecule has 0 radical (unpaired) electrons. The Hall–Kier alpha value is -1.02. The first kappa shape index (κ1) is 12.0. The Bertz CT molecular complexity index is 579. The van der Waals surface area contributed by atoms with Gasteiger partial charge in [0.2, 0.25) is 0 Å². The number of nitrogens with one attached hydrogen (secondary N) is 1. The summed E-state index contributed by atoms with van der Waals surface area (Å²) in [5.74, 6) is 1.17. The molecule has 1 N–H and O–H groups in total. The predicted molar refractivity (Wildman–Crippen MR) is 76.3 cm³/mol. The van der Waals surface area contributed by atoms with Gasteiger partial charge < -0.3 is 4.98 Å². The lowest BCUT2D eigenvalue weighted by atomic mass is 9.83. The maximum Gasteiger partial charge on any atom is 0.113 e. The molecule has 1 aromatic carbocycles. The van der Waals surface area contributed by atoms with Crippen molar-refractivity contribution in [3.63, 3.8) is 0 Å². The normalized spacial score (nSPS) is 18.6. The lowest BCUT2D eigenvalue weighted by Gasteiger charge is -2.24. The van der Waals surface area contributed by atoms with Gasteiger partial charge in [0.25, 0.3) is 0 Å². The highest BCUT2D eigenvalue weighted by molar-refractivity contribution is 6.32. The molecule has 3 heteroatoms. The number of aryl methyl sites for hydroxylation is 1. The predicted octanol–water partition coefficient (Wildman–Crippen LogP) is 4.75. The molecule has 1 aliphatic rings. The molecular formula is C15H19ClN2. The van der Waals surface area contributed by atoms with Gasteiger partial charge >= 0.3 is 0 Å². The molecule has 0 bridgehead atoms. The van der Waals surface area contributed by atoms with Crippen LogP contribution in [0, 0.1) is 6.92 Å². The molecule has 3 rings (SSSR count). The van der Waals surface area contributed by atoms with Gasteiger partial charge in [-0.1, -0.05) is 31.4 Å². The highest BCUT2D eigenvalue weighted by Gasteiger charge is 2.36. The van der Waals surface area contributed by atoms with Crippen molar-refractivity contribution >= 4 is 22.6 Å². The fourth-order valence-electron chi connectivity index (χ4n) is 3.25. The summed E-state index contributed by atoms with van der Waals surface area (Å²) in [6.07, 6.45) is 6.33. The molecule has 1 saturated carbocycles. The van der Waals surface area contributed by atoms with Gasteiger partial charge in [0.1, 0.15) is 5.82 Å². The molecule has 2 nitrogen and oxygen atoms in total. The van der Waals surface area contributed by atoms with Crippen LogP contribution in [0.5, 0.6) is 0 Å². The maximum atomic E-state index is 6.17. The molecule has 1 aromatic heterocycles. The highest BCUT2D eigenvalue weighted by Crippen LogP contribution is 2.43. The lowest BCUT2D eigenvalue weighted by molar-refractivity contribution is 0.403. The van der Waals surface area contributed by atoms with E-state index in [1.54, 1.807) is 0 Å². The summed E-state index contributed by atoms with van der Waals surface area (Å²) in [5, 5.41) is 0.803. The standard InChI is InChI=1S/C15H19ClN2/c1-3-15(8-4-5-9-15)14-17-12-7-6-11(16)10(2)13(12)18-14/h6-7H,3-5,8-9H2,1-2H3,(H,17,18). The van der Waals surface area contributed by atoms with Crippen LogP contribution in [-0.4, -0.2) is 9.97 Å². The number of aromatic amines is 1. The topological polar surface area (TPSA) is 28.7 Å². The first-order valence-corrected chi connectivity index (χ1v) is 7.19. The molecule has 1 aliphatic carbocycles. The van der Waals surface area contributed by atoms with Gasteiger partial charge in [-0.2, -0.15) is 0 Å². The monoisotopic (exact) mass is 262 g/mol. The summed E-state index contributed by atoms with van der Waals surface area (Å²) >= 11 is 6.17. The Kier molecular flexibility index (Phi) is 2.86. The van der Waals surface area contributed by atoms with E-state index in [0.29, 0.717) is 0 Å². The van der Waals surface area contributed by atoms with Gasteiger partial charge in [0.15, 0.2) is 0 Å². The number of aromatic nitrogens is 2. The Balaban J connectivity index is 2.16. The highest BCUT2D eigenvalue weighted by atomic mass is 35.5. The van der Waals surface area contributed by atoms with Crippen molar-refractivity contribution in [2.45, 2.75) is 51.4 Å². The molecule has 1 heterocycles. The van der Waals surface area contributed by atoms with Crippen molar-refractivity contribution in [2.24, 2.45) is 0 Å². The zero-order chi connectivity index (χ0) is 12.8. The third kappa shape index (κ3) is 1.66. The van der Waals surface area contributed by atoms with Crippen LogP contribution in [0.3, 0.4) is 0 Å². The molecule has 0 amide bonds. The van der Waals surface area contributed by atoms with E-state index in [4.69, 9.17) is 16.6 Å². The minimum Gasteiger partial charge on any atom is -0.341 e. The summed E-state index contributed by atoms with van der Waals surface area (Å²) in [6, 6.07) is 3.99. The number of hydrogen-bond donors (Lipinski definition) is 1. The number of hydrogen-bond acceptors (Lipinski definition) is 1. The molecule has 0 saturated heterocycles. The van der Waals surface area contributed by atoms with E-state index in [-0.39, 0.29) is 5.41 Å². The molecule has 0 spiro atoms. The number of nitrogens with zero attached hydrogens (tertiary/aromatic N) is 1. The van der Waals surface area contributed by atoms with E-state index in [0.717, 1.165) is 21.6 Å². The summed E-state index contributed by atoms with van der Waals surface area (Å²) in [7, 11) is 0. The van der Waals surface area contributed by atoms with Crippen molar-refractivity contribution in [2.75, 3.05) is 0 Å². The second-order valence-electron chi connectivity index (χ2n) is 5.49. The molecule has 1 fully saturated rings. The van der Waals surface area contributed by atoms with Crippen LogP contribution in [-0.2, 0) is 5.41 Å². The molecule has 0 aliphatic heterocycles. The van der Waals surface area contributed by atoms with Gasteiger partial charge in [-0.25, -0.2) is 4.98 Å². The van der Waals surface area contributed by atoms with Crippen LogP contribution in [0.2, 0.25) is 5.02 Å². The minimum absolute atomic E-state index is 0.276. The average molecular weight is 263 g/mol. The first-order chi connectivity index (χ1) is 8.66. The van der Waals surface area contributed by atoms with Crippen molar-refractivity contribution in [3.8, 4) is 0 Å². The minimum atomic E-state index is 0.276. The summed E-state index contributed by atoms with van der Waals surface area (Å²) in [5.41, 5.74) is 3.52. The molecule has 18 heavy (non-hydrogen) atoms. The molecule has 96 valence electrons. The molecule has 2 aromatic rings. The zero-order valence-corrected chi connectivity index (χ0v) is 11.8. The van der Waals surface area contributed by atoms with E-state index in [1.807, 2.05) is 19.1 Å². The fourth-order valence-corrected chi connectivity index (χ4v) is 3.40. The summed E-state index contributed by atoms with van der Waals surface area (Å²) in [4.78, 5) is 8.39. The second-order valence-corrected chi connectivity index (χ2v) is 5.90. The second kappa shape index (κ2) is 4.27. The maximum absolute atomic E-state index is 6.17. The Morgan fingerprint density at radius 1 is 1.33 bits per heavy atom. The number of imidazole rings is 1. The van der Waals surface area contributed by atoms with Gasteiger partial charge in [0.05, 0.1) is 11.0 Å². The Labute approximate surface area is 113 Å². The Morgan fingerprint density at radius 2 is 2.06 bits per heavy atom. The van der Waals surface area contributed by atoms with Gasteiger partial charge in [0, 0.05) is 10.4 Å². The van der Waals surface area contributed by atoms with Crippen LogP contribution in [0.15, 0.2) is 12.1 Å². The third-order valence-corrected chi connectivity index (χ3v) is 4.99. The largest absolute Gasteiger partial charge is 0.341 e.